The summed E-state index contributed by atoms with van der Waals surface area (Å²) in [6.07, 6.45) is 0. The van der Waals surface area contributed by atoms with Gasteiger partial charge in [-0.3, -0.25) is 4.72 Å². The standard InChI is InChI=1S/C14H12F3NO4S2/c1-2-23(19,20)9-3-5-10(6-4-9)24(21,22)18-12-8-7-11(15)13(16)14(12)17/h3-8,18H,2H2,1H3. The van der Waals surface area contributed by atoms with Crippen LogP contribution in [0.4, 0.5) is 18.9 Å². The van der Waals surface area contributed by atoms with Crippen molar-refractivity contribution in [2.75, 3.05) is 10.5 Å². The summed E-state index contributed by atoms with van der Waals surface area (Å²) in [4.78, 5) is -0.426. The van der Waals surface area contributed by atoms with E-state index in [1.54, 1.807) is 4.72 Å². The first-order chi connectivity index (χ1) is 11.1. The fourth-order valence-electron chi connectivity index (χ4n) is 1.80. The average Bonchev–Trinajstić information content (AvgIpc) is 2.55. The number of sulfone groups is 1. The van der Waals surface area contributed by atoms with Crippen molar-refractivity contribution in [1.29, 1.82) is 0 Å². The molecule has 5 nitrogen and oxygen atoms in total. The van der Waals surface area contributed by atoms with E-state index in [-0.39, 0.29) is 15.5 Å². The van der Waals surface area contributed by atoms with Crippen LogP contribution in [0.15, 0.2) is 46.2 Å². The minimum atomic E-state index is -4.31. The lowest BCUT2D eigenvalue weighted by Gasteiger charge is -2.10. The normalized spacial score (nSPS) is 12.2. The van der Waals surface area contributed by atoms with E-state index in [1.165, 1.54) is 6.92 Å². The van der Waals surface area contributed by atoms with E-state index in [9.17, 15) is 30.0 Å². The first-order valence-electron chi connectivity index (χ1n) is 6.57. The number of rotatable bonds is 5. The summed E-state index contributed by atoms with van der Waals surface area (Å²) in [6.45, 7) is 1.44. The molecule has 0 saturated heterocycles. The first-order valence-corrected chi connectivity index (χ1v) is 9.71. The molecule has 2 aromatic carbocycles. The smallest absolute Gasteiger partial charge is 0.261 e. The van der Waals surface area contributed by atoms with Crippen molar-refractivity contribution in [1.82, 2.24) is 0 Å². The number of hydrogen-bond donors (Lipinski definition) is 1. The minimum Gasteiger partial charge on any atom is -0.277 e. The van der Waals surface area contributed by atoms with Gasteiger partial charge in [-0.2, -0.15) is 0 Å². The highest BCUT2D eigenvalue weighted by Gasteiger charge is 2.21. The Balaban J connectivity index is 2.37. The number of anilines is 1. The molecule has 0 fully saturated rings. The van der Waals surface area contributed by atoms with Gasteiger partial charge in [0.15, 0.2) is 27.3 Å². The number of hydrogen-bond acceptors (Lipinski definition) is 4. The third kappa shape index (κ3) is 3.54. The molecule has 2 aromatic rings. The van der Waals surface area contributed by atoms with E-state index in [1.807, 2.05) is 0 Å². The molecule has 0 aromatic heterocycles. The van der Waals surface area contributed by atoms with Gasteiger partial charge in [0.1, 0.15) is 0 Å². The molecule has 0 radical (unpaired) electrons. The van der Waals surface area contributed by atoms with Crippen molar-refractivity contribution in [3.63, 3.8) is 0 Å². The Morgan fingerprint density at radius 1 is 0.833 bits per heavy atom. The molecule has 0 amide bonds. The summed E-state index contributed by atoms with van der Waals surface area (Å²) in [5, 5.41) is 0. The van der Waals surface area contributed by atoms with Crippen LogP contribution in [0.5, 0.6) is 0 Å². The van der Waals surface area contributed by atoms with Crippen molar-refractivity contribution in [2.45, 2.75) is 16.7 Å². The van der Waals surface area contributed by atoms with Crippen molar-refractivity contribution in [2.24, 2.45) is 0 Å². The fourth-order valence-corrected chi connectivity index (χ4v) is 3.74. The molecule has 0 aliphatic heterocycles. The summed E-state index contributed by atoms with van der Waals surface area (Å²) in [5.74, 6) is -5.09. The molecule has 24 heavy (non-hydrogen) atoms. The quantitative estimate of drug-likeness (QED) is 0.810. The van der Waals surface area contributed by atoms with E-state index in [0.29, 0.717) is 6.07 Å². The highest BCUT2D eigenvalue weighted by atomic mass is 32.2. The second-order valence-electron chi connectivity index (χ2n) is 4.70. The molecule has 0 unspecified atom stereocenters. The topological polar surface area (TPSA) is 80.3 Å². The number of halogens is 3. The monoisotopic (exact) mass is 379 g/mol. The van der Waals surface area contributed by atoms with Gasteiger partial charge >= 0.3 is 0 Å². The second kappa shape index (κ2) is 6.44. The summed E-state index contributed by atoms with van der Waals surface area (Å²) in [7, 11) is -7.81. The molecular formula is C14H12F3NO4S2. The zero-order chi connectivity index (χ0) is 18.1. The molecule has 2 rings (SSSR count). The van der Waals surface area contributed by atoms with Gasteiger partial charge in [-0.15, -0.1) is 0 Å². The van der Waals surface area contributed by atoms with E-state index >= 15 is 0 Å². The zero-order valence-electron chi connectivity index (χ0n) is 12.3. The number of sulfonamides is 1. The Morgan fingerprint density at radius 2 is 1.38 bits per heavy atom. The van der Waals surface area contributed by atoms with E-state index < -0.39 is 43.0 Å². The maximum atomic E-state index is 13.6. The van der Waals surface area contributed by atoms with Crippen LogP contribution in [0.25, 0.3) is 0 Å². The summed E-state index contributed by atoms with van der Waals surface area (Å²) in [5.41, 5.74) is -0.765. The third-order valence-corrected chi connectivity index (χ3v) is 6.28. The molecule has 10 heteroatoms. The van der Waals surface area contributed by atoms with Gasteiger partial charge in [-0.25, -0.2) is 30.0 Å². The predicted molar refractivity (Wildman–Crippen MR) is 81.3 cm³/mol. The first kappa shape index (κ1) is 18.3. The van der Waals surface area contributed by atoms with Gasteiger partial charge in [0.05, 0.1) is 21.2 Å². The predicted octanol–water partition coefficient (Wildman–Crippen LogP) is 2.70. The largest absolute Gasteiger partial charge is 0.277 e. The SMILES string of the molecule is CCS(=O)(=O)c1ccc(S(=O)(=O)Nc2ccc(F)c(F)c2F)cc1. The maximum Gasteiger partial charge on any atom is 0.261 e. The van der Waals surface area contributed by atoms with Crippen LogP contribution in [0.2, 0.25) is 0 Å². The van der Waals surface area contributed by atoms with Crippen LogP contribution in [-0.2, 0) is 19.9 Å². The van der Waals surface area contributed by atoms with Crippen molar-refractivity contribution >= 4 is 25.5 Å². The molecule has 0 aliphatic rings. The lowest BCUT2D eigenvalue weighted by atomic mass is 10.3. The van der Waals surface area contributed by atoms with Crippen LogP contribution in [-0.4, -0.2) is 22.6 Å². The van der Waals surface area contributed by atoms with Crippen molar-refractivity contribution in [3.05, 3.63) is 53.8 Å². The second-order valence-corrected chi connectivity index (χ2v) is 8.66. The molecular weight excluding hydrogens is 367 g/mol. The number of benzene rings is 2. The third-order valence-electron chi connectivity index (χ3n) is 3.15. The van der Waals surface area contributed by atoms with Gasteiger partial charge in [-0.05, 0) is 36.4 Å². The van der Waals surface area contributed by atoms with Crippen LogP contribution >= 0.6 is 0 Å². The molecule has 0 saturated carbocycles. The van der Waals surface area contributed by atoms with Crippen LogP contribution < -0.4 is 4.72 Å². The van der Waals surface area contributed by atoms with Crippen molar-refractivity contribution < 1.29 is 30.0 Å². The highest BCUT2D eigenvalue weighted by molar-refractivity contribution is 7.92. The Morgan fingerprint density at radius 3 is 1.92 bits per heavy atom. The van der Waals surface area contributed by atoms with E-state index in [4.69, 9.17) is 0 Å². The van der Waals surface area contributed by atoms with Gasteiger partial charge in [0, 0.05) is 0 Å². The van der Waals surface area contributed by atoms with Gasteiger partial charge in [-0.1, -0.05) is 6.92 Å². The van der Waals surface area contributed by atoms with Gasteiger partial charge in [0.2, 0.25) is 0 Å². The molecule has 0 atom stereocenters. The van der Waals surface area contributed by atoms with Crippen LogP contribution in [0.3, 0.4) is 0 Å². The van der Waals surface area contributed by atoms with Gasteiger partial charge < -0.3 is 0 Å². The number of nitrogens with one attached hydrogen (secondary N) is 1. The Kier molecular flexibility index (Phi) is 4.90. The molecule has 0 bridgehead atoms. The molecule has 0 aliphatic carbocycles. The summed E-state index contributed by atoms with van der Waals surface area (Å²) in [6, 6.07) is 5.53. The molecule has 1 N–H and O–H groups in total. The Labute approximate surface area is 137 Å². The molecule has 130 valence electrons. The fraction of sp³-hybridized carbons (Fsp3) is 0.143. The minimum absolute atomic E-state index is 0.0667. The summed E-state index contributed by atoms with van der Waals surface area (Å²) >= 11 is 0. The highest BCUT2D eigenvalue weighted by Crippen LogP contribution is 2.23. The van der Waals surface area contributed by atoms with Gasteiger partial charge in [0.25, 0.3) is 10.0 Å². The average molecular weight is 379 g/mol. The molecule has 0 spiro atoms. The van der Waals surface area contributed by atoms with E-state index in [2.05, 4.69) is 0 Å². The lowest BCUT2D eigenvalue weighted by Crippen LogP contribution is -2.15. The van der Waals surface area contributed by atoms with E-state index in [0.717, 1.165) is 30.3 Å². The Hall–Kier alpha value is -2.07. The Bertz CT molecular complexity index is 972. The maximum absolute atomic E-state index is 13.6. The van der Waals surface area contributed by atoms with Crippen LogP contribution in [0, 0.1) is 17.5 Å². The molecule has 0 heterocycles. The van der Waals surface area contributed by atoms with Crippen LogP contribution in [0.1, 0.15) is 6.92 Å². The summed E-state index contributed by atoms with van der Waals surface area (Å²) < 4.78 is 89.0. The zero-order valence-corrected chi connectivity index (χ0v) is 13.9. The van der Waals surface area contributed by atoms with Crippen molar-refractivity contribution in [3.8, 4) is 0 Å². The lowest BCUT2D eigenvalue weighted by molar-refractivity contribution is 0.449.